The second-order valence-electron chi connectivity index (χ2n) is 21.3. The van der Waals surface area contributed by atoms with Crippen LogP contribution in [0.2, 0.25) is 5.02 Å². The molecule has 4 bridgehead atoms. The van der Waals surface area contributed by atoms with Crippen LogP contribution in [0.4, 0.5) is 40.2 Å². The van der Waals surface area contributed by atoms with E-state index in [1.54, 1.807) is 59.0 Å². The molecule has 2 fully saturated rings. The number of methoxy groups -OCH3 is 2. The number of aliphatic hydroxyl groups excluding tert-OH is 1. The average Bonchev–Trinajstić information content (AvgIpc) is 3.38. The number of fused-ring (bicyclic) bond motifs is 5. The number of imide groups is 1. The number of amides is 8. The summed E-state index contributed by atoms with van der Waals surface area (Å²) >= 11 is 12.3. The molecule has 0 spiro atoms. The van der Waals surface area contributed by atoms with Crippen molar-refractivity contribution < 1.29 is 76.2 Å². The van der Waals surface area contributed by atoms with Crippen LogP contribution in [0.25, 0.3) is 0 Å². The van der Waals surface area contributed by atoms with E-state index < -0.39 is 131 Å². The highest BCUT2D eigenvalue weighted by Gasteiger charge is 2.64. The Morgan fingerprint density at radius 2 is 1.64 bits per heavy atom. The van der Waals surface area contributed by atoms with Crippen LogP contribution in [-0.2, 0) is 44.5 Å². The summed E-state index contributed by atoms with van der Waals surface area (Å²) in [5, 5.41) is 41.9. The predicted molar refractivity (Wildman–Crippen MR) is 305 cm³/mol. The van der Waals surface area contributed by atoms with Gasteiger partial charge in [0.15, 0.2) is 10.8 Å². The number of rotatable bonds is 19. The molecule has 4 heterocycles. The van der Waals surface area contributed by atoms with E-state index in [4.69, 9.17) is 53.2 Å². The number of aliphatic hydroxyl groups is 2. The lowest BCUT2D eigenvalue weighted by Gasteiger charge is -2.42. The molecule has 0 saturated carbocycles. The number of nitrogens with one attached hydrogen (secondary N) is 7. The molecular weight excluding hydrogens is 1130 g/mol. The summed E-state index contributed by atoms with van der Waals surface area (Å²) in [6, 6.07) is 1.44. The van der Waals surface area contributed by atoms with Crippen molar-refractivity contribution in [3.63, 3.8) is 0 Å². The lowest BCUT2D eigenvalue weighted by Crippen LogP contribution is -2.63. The summed E-state index contributed by atoms with van der Waals surface area (Å²) in [6.07, 6.45) is 0.330. The highest BCUT2D eigenvalue weighted by Crippen LogP contribution is 2.49. The maximum Gasteiger partial charge on any atom is 0.412 e. The van der Waals surface area contributed by atoms with Gasteiger partial charge in [-0.15, -0.1) is 0 Å². The smallest absolute Gasteiger partial charge is 0.412 e. The van der Waals surface area contributed by atoms with Crippen LogP contribution in [0.15, 0.2) is 60.2 Å². The molecular formula is C55H73ClF2N10O14S. The van der Waals surface area contributed by atoms with E-state index in [-0.39, 0.29) is 48.9 Å². The number of primary amides is 1. The number of halogens is 3. The maximum atomic E-state index is 16.1. The average molecular weight is 1200 g/mol. The van der Waals surface area contributed by atoms with E-state index in [0.29, 0.717) is 49.4 Å². The Morgan fingerprint density at radius 3 is 2.28 bits per heavy atom. The molecule has 83 heavy (non-hydrogen) atoms. The van der Waals surface area contributed by atoms with E-state index in [0.717, 1.165) is 16.0 Å². The van der Waals surface area contributed by atoms with Gasteiger partial charge in [0.25, 0.3) is 11.8 Å². The van der Waals surface area contributed by atoms with Gasteiger partial charge in [0, 0.05) is 76.8 Å². The second-order valence-corrected chi connectivity index (χ2v) is 22.1. The molecule has 0 aliphatic carbocycles. The lowest BCUT2D eigenvalue weighted by molar-refractivity contribution is -0.142. The Labute approximate surface area is 489 Å². The molecule has 2 aromatic rings. The van der Waals surface area contributed by atoms with Crippen LogP contribution in [0.5, 0.6) is 5.75 Å². The molecule has 2 aromatic carbocycles. The fourth-order valence-corrected chi connectivity index (χ4v) is 10.5. The number of hydrogen-bond acceptors (Lipinski definition) is 16. The van der Waals surface area contributed by atoms with Gasteiger partial charge in [-0.3, -0.25) is 34.7 Å². The van der Waals surface area contributed by atoms with E-state index in [1.807, 2.05) is 13.0 Å². The third-order valence-electron chi connectivity index (χ3n) is 14.7. The van der Waals surface area contributed by atoms with Crippen molar-refractivity contribution in [1.82, 2.24) is 31.5 Å². The predicted octanol–water partition coefficient (Wildman–Crippen LogP) is 4.51. The minimum absolute atomic E-state index is 0.00711. The van der Waals surface area contributed by atoms with Gasteiger partial charge in [-0.1, -0.05) is 56.2 Å². The number of benzene rings is 2. The van der Waals surface area contributed by atoms with E-state index in [9.17, 15) is 43.8 Å². The number of nitrogens with two attached hydrogens (primary N) is 1. The minimum atomic E-state index is -1.95. The zero-order valence-electron chi connectivity index (χ0n) is 47.3. The molecule has 0 radical (unpaired) electrons. The second kappa shape index (κ2) is 28.4. The molecule has 28 heteroatoms. The number of carbonyl (C=O) groups is 7. The molecule has 24 nitrogen and oxygen atoms in total. The summed E-state index contributed by atoms with van der Waals surface area (Å²) in [5.74, 6) is -5.70. The van der Waals surface area contributed by atoms with Gasteiger partial charge in [-0.25, -0.2) is 23.2 Å². The number of allylic oxidation sites excluding steroid dienone is 3. The van der Waals surface area contributed by atoms with Crippen molar-refractivity contribution in [2.75, 3.05) is 56.4 Å². The first-order chi connectivity index (χ1) is 39.2. The quantitative estimate of drug-likeness (QED) is 0.0400. The van der Waals surface area contributed by atoms with Crippen molar-refractivity contribution in [3.8, 4) is 5.75 Å². The summed E-state index contributed by atoms with van der Waals surface area (Å²) in [6.45, 7) is 9.14. The third-order valence-corrected chi connectivity index (χ3v) is 15.4. The van der Waals surface area contributed by atoms with E-state index >= 15 is 8.78 Å². The number of nitrogens with zero attached hydrogens (tertiary/aromatic N) is 2. The number of ether oxygens (including phenoxy) is 5. The number of anilines is 3. The fraction of sp³-hybridized carbons (Fsp3) is 0.527. The number of hydrogen-bond donors (Lipinski definition) is 10. The largest absolute Gasteiger partial charge is 0.495 e. The topological polar surface area (TPSA) is 326 Å². The Kier molecular flexibility index (Phi) is 22.2. The van der Waals surface area contributed by atoms with Crippen molar-refractivity contribution in [2.24, 2.45) is 17.6 Å². The number of thiocarbonyl (C=S) groups is 1. The number of urea groups is 1. The monoisotopic (exact) mass is 1200 g/mol. The van der Waals surface area contributed by atoms with Crippen molar-refractivity contribution in [2.45, 2.75) is 134 Å². The SMILES string of the molecule is COc1cc2cc(c1Cl)N(C)C(O)C[C@H](OC(=O)Nc1cc(F)c(NC(=O)[C@H](CCCNC(N)=O)NC(=O)[C@@H](NC(=S)NCCCCN3C(=O)C=CC3=O)C(C)C)cc1F)[C@]1(C)O[C@H]1[C@H](C)[C@@H]1C[C@@](O)(NC(=O)O1)[C@H](OC)/C=C/C=C(\C)C2. The van der Waals surface area contributed by atoms with Gasteiger partial charge >= 0.3 is 18.2 Å². The highest BCUT2D eigenvalue weighted by molar-refractivity contribution is 7.80. The molecule has 1 unspecified atom stereocenters. The number of carbonyl (C=O) groups excluding carboxylic acids is 7. The first-order valence-corrected chi connectivity index (χ1v) is 27.7. The molecule has 454 valence electrons. The molecule has 0 aromatic heterocycles. The van der Waals surface area contributed by atoms with Crippen molar-refractivity contribution in [3.05, 3.63) is 82.4 Å². The zero-order chi connectivity index (χ0) is 61.1. The minimum Gasteiger partial charge on any atom is -0.495 e. The van der Waals surface area contributed by atoms with Gasteiger partial charge in [0.1, 0.15) is 64.6 Å². The molecule has 8 amide bonds. The normalized spacial score (nSPS) is 26.0. The Bertz CT molecular complexity index is 2870. The first kappa shape index (κ1) is 65.0. The zero-order valence-corrected chi connectivity index (χ0v) is 48.8. The van der Waals surface area contributed by atoms with Gasteiger partial charge in [-0.05, 0) is 81.8 Å². The molecule has 4 aliphatic heterocycles. The summed E-state index contributed by atoms with van der Waals surface area (Å²) in [4.78, 5) is 92.3. The van der Waals surface area contributed by atoms with Crippen LogP contribution in [-0.4, -0.2) is 157 Å². The first-order valence-electron chi connectivity index (χ1n) is 26.9. The van der Waals surface area contributed by atoms with Crippen molar-refractivity contribution in [1.29, 1.82) is 0 Å². The maximum absolute atomic E-state index is 16.1. The summed E-state index contributed by atoms with van der Waals surface area (Å²) in [5.41, 5.74) is 2.37. The lowest BCUT2D eigenvalue weighted by atomic mass is 9.83. The fourth-order valence-electron chi connectivity index (χ4n) is 9.99. The Hall–Kier alpha value is -7.17. The van der Waals surface area contributed by atoms with E-state index in [1.165, 1.54) is 31.3 Å². The van der Waals surface area contributed by atoms with Crippen LogP contribution < -0.4 is 52.6 Å². The van der Waals surface area contributed by atoms with Crippen LogP contribution >= 0.6 is 23.8 Å². The van der Waals surface area contributed by atoms with Crippen molar-refractivity contribution >= 4 is 87.8 Å². The van der Waals surface area contributed by atoms with E-state index in [2.05, 4.69) is 37.2 Å². The Morgan fingerprint density at radius 1 is 0.976 bits per heavy atom. The highest BCUT2D eigenvalue weighted by atomic mass is 35.5. The Balaban J connectivity index is 1.18. The summed E-state index contributed by atoms with van der Waals surface area (Å²) in [7, 11) is 4.37. The van der Waals surface area contributed by atoms with Gasteiger partial charge in [-0.2, -0.15) is 0 Å². The molecule has 10 atom stereocenters. The molecule has 2 saturated heterocycles. The molecule has 4 aliphatic rings. The summed E-state index contributed by atoms with van der Waals surface area (Å²) < 4.78 is 61.2. The van der Waals surface area contributed by atoms with Gasteiger partial charge in [0.2, 0.25) is 11.8 Å². The number of epoxide rings is 1. The van der Waals surface area contributed by atoms with Crippen LogP contribution in [0, 0.1) is 23.5 Å². The molecule has 6 rings (SSSR count). The van der Waals surface area contributed by atoms with Crippen LogP contribution in [0.3, 0.4) is 0 Å². The number of unbranched alkanes of at least 4 members (excludes halogenated alkanes) is 1. The van der Waals surface area contributed by atoms with Crippen LogP contribution in [0.1, 0.15) is 78.7 Å². The number of alkyl carbamates (subject to hydrolysis) is 1. The van der Waals surface area contributed by atoms with Gasteiger partial charge in [0.05, 0.1) is 30.3 Å². The van der Waals surface area contributed by atoms with Gasteiger partial charge < -0.3 is 71.1 Å². The third kappa shape index (κ3) is 16.8. The standard InChI is InChI=1S/C55H73ClF2N10O14S/c1-28(2)46(65-51(83)61-18-9-10-20-68-42(69)16-17-43(68)70)49(73)62-34(14-12-19-60-50(59)74)48(72)63-35-24-33(58)36(25-32(35)57)64-52(75)81-41-26-44(71)67(6)37-22-31(23-38(78-7)45(37)56)21-29(3)13-11-15-40(79-8)55(77)27-39(80-53(76)66-55)30(4)47-54(41,5)82-47/h11,13,15-17,22-25,28,30,34,39-41,44,46-47,71,77H,9-10,12,14,18-21,26-27H2,1-8H3,(H,62,73)(H,63,72)(H,64,75)(H,66,76)(H3,59,60,74)(H2,61,65,83)/b15-11+,29-13+/t30-,34+,39+,40-,41+,44?,46+,47+,54+,55+/m1/s1. The molecule has 11 N–H and O–H groups in total.